The molecule has 0 unspecified atom stereocenters. The first-order valence-electron chi connectivity index (χ1n) is 11.7. The Labute approximate surface area is 206 Å². The zero-order valence-electron chi connectivity index (χ0n) is 20.2. The largest absolute Gasteiger partial charge is 0.486 e. The second kappa shape index (κ2) is 10.4. The van der Waals surface area contributed by atoms with E-state index in [2.05, 4.69) is 5.32 Å². The predicted molar refractivity (Wildman–Crippen MR) is 137 cm³/mol. The minimum Gasteiger partial charge on any atom is -0.486 e. The second-order valence-electron chi connectivity index (χ2n) is 8.36. The SMILES string of the molecule is CCc1cccc(CC)c1NC(=O)CN(c1ccc(C)cc1)S(=O)(=O)c1ccc2c(c1)OCCO2. The molecule has 1 N–H and O–H groups in total. The Morgan fingerprint density at radius 3 is 2.17 bits per heavy atom. The van der Waals surface area contributed by atoms with E-state index in [0.29, 0.717) is 30.4 Å². The van der Waals surface area contributed by atoms with E-state index in [1.54, 1.807) is 18.2 Å². The molecular weight excluding hydrogens is 464 g/mol. The van der Waals surface area contributed by atoms with Crippen molar-refractivity contribution in [3.8, 4) is 11.5 Å². The first-order chi connectivity index (χ1) is 16.8. The number of nitrogens with one attached hydrogen (secondary N) is 1. The third-order valence-corrected chi connectivity index (χ3v) is 7.74. The summed E-state index contributed by atoms with van der Waals surface area (Å²) in [6, 6.07) is 17.5. The van der Waals surface area contributed by atoms with Crippen LogP contribution in [0, 0.1) is 6.92 Å². The topological polar surface area (TPSA) is 84.9 Å². The highest BCUT2D eigenvalue weighted by atomic mass is 32.2. The molecule has 1 aliphatic heterocycles. The lowest BCUT2D eigenvalue weighted by Gasteiger charge is -2.26. The molecule has 0 aromatic heterocycles. The van der Waals surface area contributed by atoms with E-state index in [1.807, 2.05) is 51.1 Å². The average molecular weight is 495 g/mol. The van der Waals surface area contributed by atoms with Gasteiger partial charge >= 0.3 is 0 Å². The van der Waals surface area contributed by atoms with Crippen LogP contribution in [0.15, 0.2) is 65.6 Å². The summed E-state index contributed by atoms with van der Waals surface area (Å²) in [7, 11) is -4.08. The lowest BCUT2D eigenvalue weighted by molar-refractivity contribution is -0.114. The Morgan fingerprint density at radius 2 is 1.54 bits per heavy atom. The van der Waals surface area contributed by atoms with Crippen molar-refractivity contribution in [3.63, 3.8) is 0 Å². The van der Waals surface area contributed by atoms with E-state index in [-0.39, 0.29) is 11.4 Å². The van der Waals surface area contributed by atoms with Gasteiger partial charge in [0, 0.05) is 11.8 Å². The van der Waals surface area contributed by atoms with Crippen LogP contribution < -0.4 is 19.1 Å². The molecule has 0 aliphatic carbocycles. The smallest absolute Gasteiger partial charge is 0.264 e. The van der Waals surface area contributed by atoms with E-state index in [0.717, 1.165) is 39.5 Å². The van der Waals surface area contributed by atoms with Crippen molar-refractivity contribution < 1.29 is 22.7 Å². The van der Waals surface area contributed by atoms with Gasteiger partial charge in [-0.3, -0.25) is 9.10 Å². The predicted octanol–water partition coefficient (Wildman–Crippen LogP) is 4.73. The van der Waals surface area contributed by atoms with Crippen LogP contribution in [-0.4, -0.2) is 34.1 Å². The third-order valence-electron chi connectivity index (χ3n) is 5.97. The Bertz CT molecular complexity index is 1300. The summed E-state index contributed by atoms with van der Waals surface area (Å²) in [5.74, 6) is 0.454. The van der Waals surface area contributed by atoms with Gasteiger partial charge in [0.25, 0.3) is 10.0 Å². The molecule has 0 spiro atoms. The molecule has 1 aliphatic rings. The molecule has 0 fully saturated rings. The fourth-order valence-electron chi connectivity index (χ4n) is 4.05. The maximum atomic E-state index is 13.8. The van der Waals surface area contributed by atoms with Gasteiger partial charge in [0.15, 0.2) is 11.5 Å². The second-order valence-corrected chi connectivity index (χ2v) is 10.2. The van der Waals surface area contributed by atoms with Crippen molar-refractivity contribution >= 4 is 27.3 Å². The number of benzene rings is 3. The Balaban J connectivity index is 1.69. The number of ether oxygens (including phenoxy) is 2. The van der Waals surface area contributed by atoms with Crippen molar-refractivity contribution in [1.29, 1.82) is 0 Å². The monoisotopic (exact) mass is 494 g/mol. The van der Waals surface area contributed by atoms with E-state index >= 15 is 0 Å². The fraction of sp³-hybridized carbons (Fsp3) is 0.296. The quantitative estimate of drug-likeness (QED) is 0.490. The van der Waals surface area contributed by atoms with Crippen LogP contribution in [0.4, 0.5) is 11.4 Å². The first-order valence-corrected chi connectivity index (χ1v) is 13.2. The van der Waals surface area contributed by atoms with E-state index in [9.17, 15) is 13.2 Å². The van der Waals surface area contributed by atoms with Crippen LogP contribution in [0.25, 0.3) is 0 Å². The van der Waals surface area contributed by atoms with Gasteiger partial charge in [-0.1, -0.05) is 49.7 Å². The average Bonchev–Trinajstić information content (AvgIpc) is 2.87. The van der Waals surface area contributed by atoms with E-state index < -0.39 is 15.9 Å². The normalized spacial score (nSPS) is 12.8. The first kappa shape index (κ1) is 24.6. The molecule has 0 saturated carbocycles. The van der Waals surface area contributed by atoms with Gasteiger partial charge in [0.2, 0.25) is 5.91 Å². The van der Waals surface area contributed by atoms with Crippen LogP contribution in [0.3, 0.4) is 0 Å². The van der Waals surface area contributed by atoms with Crippen molar-refractivity contribution in [2.24, 2.45) is 0 Å². The molecule has 0 atom stereocenters. The van der Waals surface area contributed by atoms with Crippen molar-refractivity contribution in [2.75, 3.05) is 29.4 Å². The molecule has 0 saturated heterocycles. The molecule has 3 aromatic carbocycles. The van der Waals surface area contributed by atoms with Gasteiger partial charge in [-0.05, 0) is 55.2 Å². The number of aryl methyl sites for hydroxylation is 3. The molecule has 0 bridgehead atoms. The van der Waals surface area contributed by atoms with Crippen molar-refractivity contribution in [3.05, 3.63) is 77.4 Å². The number of hydrogen-bond acceptors (Lipinski definition) is 5. The minimum atomic E-state index is -4.08. The summed E-state index contributed by atoms with van der Waals surface area (Å²) in [6.45, 7) is 6.35. The Morgan fingerprint density at radius 1 is 0.914 bits per heavy atom. The van der Waals surface area contributed by atoms with Crippen LogP contribution in [-0.2, 0) is 27.7 Å². The van der Waals surface area contributed by atoms with Gasteiger partial charge in [0.05, 0.1) is 10.6 Å². The highest BCUT2D eigenvalue weighted by Crippen LogP contribution is 2.34. The number of carbonyl (C=O) groups is 1. The summed E-state index contributed by atoms with van der Waals surface area (Å²) < 4.78 is 39.8. The number of fused-ring (bicyclic) bond motifs is 1. The summed E-state index contributed by atoms with van der Waals surface area (Å²) in [4.78, 5) is 13.3. The molecule has 4 rings (SSSR count). The zero-order valence-corrected chi connectivity index (χ0v) is 21.0. The Kier molecular flexibility index (Phi) is 7.31. The van der Waals surface area contributed by atoms with E-state index in [1.165, 1.54) is 12.1 Å². The zero-order chi connectivity index (χ0) is 25.0. The van der Waals surface area contributed by atoms with Crippen LogP contribution in [0.1, 0.15) is 30.5 Å². The fourth-order valence-corrected chi connectivity index (χ4v) is 5.49. The van der Waals surface area contributed by atoms with Gasteiger partial charge in [-0.15, -0.1) is 0 Å². The van der Waals surface area contributed by atoms with Crippen molar-refractivity contribution in [2.45, 2.75) is 38.5 Å². The standard InChI is InChI=1S/C27H30N2O5S/c1-4-20-7-6-8-21(5-2)27(20)28-26(30)18-29(22-11-9-19(3)10-12-22)35(31,32)23-13-14-24-25(17-23)34-16-15-33-24/h6-14,17H,4-5,15-16,18H2,1-3H3,(H,28,30). The highest BCUT2D eigenvalue weighted by Gasteiger charge is 2.29. The third kappa shape index (κ3) is 5.27. The molecule has 3 aromatic rings. The number of anilines is 2. The van der Waals surface area contributed by atoms with Gasteiger partial charge in [0.1, 0.15) is 19.8 Å². The summed E-state index contributed by atoms with van der Waals surface area (Å²) in [6.07, 6.45) is 1.50. The number of hydrogen-bond donors (Lipinski definition) is 1. The minimum absolute atomic E-state index is 0.0262. The van der Waals surface area contributed by atoms with Gasteiger partial charge < -0.3 is 14.8 Å². The number of rotatable bonds is 8. The molecule has 184 valence electrons. The Hall–Kier alpha value is -3.52. The summed E-state index contributed by atoms with van der Waals surface area (Å²) in [5.41, 5.74) is 4.16. The number of para-hydroxylation sites is 1. The highest BCUT2D eigenvalue weighted by molar-refractivity contribution is 7.92. The number of nitrogens with zero attached hydrogens (tertiary/aromatic N) is 1. The molecular formula is C27H30N2O5S. The van der Waals surface area contributed by atoms with Crippen LogP contribution >= 0.6 is 0 Å². The molecule has 35 heavy (non-hydrogen) atoms. The summed E-state index contributed by atoms with van der Waals surface area (Å²) in [5, 5.41) is 2.98. The van der Waals surface area contributed by atoms with Crippen molar-refractivity contribution in [1.82, 2.24) is 0 Å². The molecule has 1 amide bonds. The molecule has 8 heteroatoms. The van der Waals surface area contributed by atoms with Gasteiger partial charge in [-0.2, -0.15) is 0 Å². The lowest BCUT2D eigenvalue weighted by Crippen LogP contribution is -2.38. The summed E-state index contributed by atoms with van der Waals surface area (Å²) >= 11 is 0. The van der Waals surface area contributed by atoms with Crippen LogP contribution in [0.5, 0.6) is 11.5 Å². The maximum absolute atomic E-state index is 13.8. The molecule has 7 nitrogen and oxygen atoms in total. The number of amides is 1. The lowest BCUT2D eigenvalue weighted by atomic mass is 10.0. The number of sulfonamides is 1. The molecule has 1 heterocycles. The van der Waals surface area contributed by atoms with E-state index in [4.69, 9.17) is 9.47 Å². The number of carbonyl (C=O) groups excluding carboxylic acids is 1. The van der Waals surface area contributed by atoms with Crippen LogP contribution in [0.2, 0.25) is 0 Å². The maximum Gasteiger partial charge on any atom is 0.264 e. The molecule has 0 radical (unpaired) electrons. The van der Waals surface area contributed by atoms with Gasteiger partial charge in [-0.25, -0.2) is 8.42 Å².